The Labute approximate surface area is 358 Å². The molecule has 0 radical (unpaired) electrons. The lowest BCUT2D eigenvalue weighted by Gasteiger charge is -2.23. The molecule has 1 aliphatic heterocycles. The average molecular weight is 795 g/mol. The van der Waals surface area contributed by atoms with E-state index in [9.17, 15) is 0 Å². The zero-order valence-corrected chi connectivity index (χ0v) is 33.6. The molecule has 5 nitrogen and oxygen atoms in total. The number of hydrogen-bond acceptors (Lipinski definition) is 4. The number of hydrogen-bond donors (Lipinski definition) is 1. The second-order valence-electron chi connectivity index (χ2n) is 15.8. The van der Waals surface area contributed by atoms with Crippen LogP contribution in [0.25, 0.3) is 82.8 Å². The number of nitrogens with one attached hydrogen (secondary N) is 1. The first-order chi connectivity index (χ1) is 30.7. The van der Waals surface area contributed by atoms with Gasteiger partial charge in [0, 0.05) is 43.9 Å². The van der Waals surface area contributed by atoms with Gasteiger partial charge in [0.15, 0.2) is 5.84 Å². The van der Waals surface area contributed by atoms with E-state index in [1.54, 1.807) is 0 Å². The van der Waals surface area contributed by atoms with Crippen molar-refractivity contribution < 1.29 is 4.42 Å². The monoisotopic (exact) mass is 794 g/mol. The summed E-state index contributed by atoms with van der Waals surface area (Å²) in [5, 5.41) is 8.21. The van der Waals surface area contributed by atoms with E-state index in [4.69, 9.17) is 14.4 Å². The zero-order valence-electron chi connectivity index (χ0n) is 33.6. The van der Waals surface area contributed by atoms with Crippen LogP contribution in [0.15, 0.2) is 233 Å². The summed E-state index contributed by atoms with van der Waals surface area (Å²) < 4.78 is 8.92. The predicted molar refractivity (Wildman–Crippen MR) is 256 cm³/mol. The molecule has 1 atom stereocenters. The maximum atomic E-state index is 6.51. The molecule has 0 saturated carbocycles. The van der Waals surface area contributed by atoms with Crippen LogP contribution in [0.5, 0.6) is 0 Å². The fourth-order valence-electron chi connectivity index (χ4n) is 9.14. The Morgan fingerprint density at radius 2 is 1.08 bits per heavy atom. The Bertz CT molecular complexity index is 3550. The van der Waals surface area contributed by atoms with Crippen molar-refractivity contribution in [3.63, 3.8) is 0 Å². The first-order valence-corrected chi connectivity index (χ1v) is 21.0. The summed E-state index contributed by atoms with van der Waals surface area (Å²) >= 11 is 0. The topological polar surface area (TPSA) is 54.8 Å². The van der Waals surface area contributed by atoms with Crippen LogP contribution in [0.1, 0.15) is 22.9 Å². The van der Waals surface area contributed by atoms with E-state index in [0.717, 1.165) is 83.4 Å². The fourth-order valence-corrected chi connectivity index (χ4v) is 9.14. The van der Waals surface area contributed by atoms with Gasteiger partial charge in [-0.3, -0.25) is 0 Å². The number of amidine groups is 2. The van der Waals surface area contributed by atoms with Gasteiger partial charge in [-0.1, -0.05) is 176 Å². The van der Waals surface area contributed by atoms with Gasteiger partial charge >= 0.3 is 0 Å². The maximum absolute atomic E-state index is 6.51. The molecule has 3 heterocycles. The molecular formula is C57H38N4O. The Morgan fingerprint density at radius 1 is 0.435 bits per heavy atom. The van der Waals surface area contributed by atoms with E-state index in [-0.39, 0.29) is 6.17 Å². The van der Waals surface area contributed by atoms with Crippen LogP contribution < -0.4 is 5.32 Å². The van der Waals surface area contributed by atoms with E-state index in [2.05, 4.69) is 192 Å². The Morgan fingerprint density at radius 3 is 1.92 bits per heavy atom. The molecule has 11 aromatic rings. The first kappa shape index (κ1) is 35.6. The molecule has 62 heavy (non-hydrogen) atoms. The third-order valence-electron chi connectivity index (χ3n) is 12.1. The number of furan rings is 1. The van der Waals surface area contributed by atoms with Crippen LogP contribution in [-0.4, -0.2) is 16.2 Å². The van der Waals surface area contributed by atoms with Crippen molar-refractivity contribution in [2.45, 2.75) is 6.17 Å². The second-order valence-corrected chi connectivity index (χ2v) is 15.8. The summed E-state index contributed by atoms with van der Waals surface area (Å²) in [6, 6.07) is 77.1. The molecule has 0 aliphatic carbocycles. The minimum atomic E-state index is -0.282. The second kappa shape index (κ2) is 14.8. The lowest BCUT2D eigenvalue weighted by atomic mass is 9.96. The minimum absolute atomic E-state index is 0.282. The molecule has 1 aliphatic rings. The lowest BCUT2D eigenvalue weighted by Crippen LogP contribution is -2.33. The quantitative estimate of drug-likeness (QED) is 0.175. The highest BCUT2D eigenvalue weighted by Gasteiger charge is 2.23. The van der Waals surface area contributed by atoms with Crippen molar-refractivity contribution in [1.29, 1.82) is 0 Å². The van der Waals surface area contributed by atoms with Gasteiger partial charge in [-0.2, -0.15) is 0 Å². The summed E-state index contributed by atoms with van der Waals surface area (Å²) in [5.74, 6) is 1.49. The van der Waals surface area contributed by atoms with Crippen LogP contribution in [0, 0.1) is 0 Å². The Hall–Kier alpha value is -8.28. The Balaban J connectivity index is 1.04. The largest absolute Gasteiger partial charge is 0.455 e. The first-order valence-electron chi connectivity index (χ1n) is 21.0. The molecule has 0 bridgehead atoms. The number of rotatable bonds is 7. The van der Waals surface area contributed by atoms with Crippen molar-refractivity contribution >= 4 is 55.4 Å². The molecule has 1 unspecified atom stereocenters. The van der Waals surface area contributed by atoms with Crippen molar-refractivity contribution in [3.8, 4) is 39.1 Å². The molecular weight excluding hydrogens is 757 g/mol. The molecule has 2 aromatic heterocycles. The molecule has 0 saturated heterocycles. The summed E-state index contributed by atoms with van der Waals surface area (Å²) in [7, 11) is 0. The third-order valence-corrected chi connectivity index (χ3v) is 12.1. The zero-order chi connectivity index (χ0) is 41.0. The Kier molecular flexibility index (Phi) is 8.49. The number of aromatic nitrogens is 1. The van der Waals surface area contributed by atoms with E-state index in [1.807, 2.05) is 36.4 Å². The van der Waals surface area contributed by atoms with E-state index >= 15 is 0 Å². The highest BCUT2D eigenvalue weighted by molar-refractivity contribution is 6.18. The number of benzene rings is 9. The number of para-hydroxylation sites is 2. The van der Waals surface area contributed by atoms with Crippen LogP contribution in [0.2, 0.25) is 0 Å². The molecule has 0 spiro atoms. The minimum Gasteiger partial charge on any atom is -0.455 e. The predicted octanol–water partition coefficient (Wildman–Crippen LogP) is 14.2. The molecule has 292 valence electrons. The van der Waals surface area contributed by atoms with E-state index in [1.165, 1.54) is 21.9 Å². The van der Waals surface area contributed by atoms with Gasteiger partial charge in [0.05, 0.1) is 11.0 Å². The standard InChI is InChI=1S/C57H38N4O/c1-4-16-37(17-5-1)40-32-33-50-49(36-40)53-45(41-22-12-24-43(34-41)57-59-55(38-18-6-2-7-19-38)58-56(60-57)39-20-8-3-9-21-39)27-15-30-51(53)61(50)44-25-13-23-42(35-44)46-28-14-29-48-47-26-10-11-31-52(47)62-54(46)48/h1-36,55H,(H,58,59,60). The summed E-state index contributed by atoms with van der Waals surface area (Å²) in [4.78, 5) is 10.3. The highest BCUT2D eigenvalue weighted by atomic mass is 16.3. The maximum Gasteiger partial charge on any atom is 0.159 e. The molecule has 5 heteroatoms. The molecule has 9 aromatic carbocycles. The SMILES string of the molecule is c1ccc(C2=NC(c3cccc(-c4cccc5c4c4cc(-c6ccccc6)ccc4n5-c4cccc(-c5cccc6c5oc5ccccc56)c4)c3)=NC(c3ccccc3)N2)cc1. The van der Waals surface area contributed by atoms with Gasteiger partial charge in [-0.05, 0) is 75.8 Å². The molecule has 0 fully saturated rings. The summed E-state index contributed by atoms with van der Waals surface area (Å²) in [5.41, 5.74) is 14.9. The van der Waals surface area contributed by atoms with Crippen molar-refractivity contribution in [2.75, 3.05) is 0 Å². The molecule has 12 rings (SSSR count). The lowest BCUT2D eigenvalue weighted by molar-refractivity contribution is 0.670. The van der Waals surface area contributed by atoms with Crippen LogP contribution in [0.3, 0.4) is 0 Å². The van der Waals surface area contributed by atoms with Gasteiger partial charge in [0.25, 0.3) is 0 Å². The van der Waals surface area contributed by atoms with Gasteiger partial charge in [-0.25, -0.2) is 9.98 Å². The van der Waals surface area contributed by atoms with Gasteiger partial charge in [0.2, 0.25) is 0 Å². The van der Waals surface area contributed by atoms with Gasteiger partial charge in [-0.15, -0.1) is 0 Å². The molecule has 1 N–H and O–H groups in total. The number of aliphatic imine (C=N–C) groups is 2. The van der Waals surface area contributed by atoms with Gasteiger partial charge < -0.3 is 14.3 Å². The highest BCUT2D eigenvalue weighted by Crippen LogP contribution is 2.42. The van der Waals surface area contributed by atoms with Gasteiger partial charge in [0.1, 0.15) is 23.2 Å². The van der Waals surface area contributed by atoms with Crippen LogP contribution in [-0.2, 0) is 0 Å². The summed E-state index contributed by atoms with van der Waals surface area (Å²) in [6.45, 7) is 0. The average Bonchev–Trinajstić information content (AvgIpc) is 3.91. The van der Waals surface area contributed by atoms with Crippen molar-refractivity contribution in [2.24, 2.45) is 9.98 Å². The normalized spacial score (nSPS) is 14.0. The van der Waals surface area contributed by atoms with Crippen LogP contribution >= 0.6 is 0 Å². The van der Waals surface area contributed by atoms with E-state index < -0.39 is 0 Å². The smallest absolute Gasteiger partial charge is 0.159 e. The van der Waals surface area contributed by atoms with Crippen molar-refractivity contribution in [3.05, 3.63) is 235 Å². The fraction of sp³-hybridized carbons (Fsp3) is 0.0175. The molecule has 0 amide bonds. The van der Waals surface area contributed by atoms with Crippen molar-refractivity contribution in [1.82, 2.24) is 9.88 Å². The number of nitrogens with zero attached hydrogens (tertiary/aromatic N) is 3. The number of fused-ring (bicyclic) bond motifs is 6. The van der Waals surface area contributed by atoms with Crippen LogP contribution in [0.4, 0.5) is 0 Å². The van der Waals surface area contributed by atoms with E-state index in [0.29, 0.717) is 5.84 Å². The third kappa shape index (κ3) is 6.10. The summed E-state index contributed by atoms with van der Waals surface area (Å²) in [6.07, 6.45) is -0.282.